The van der Waals surface area contributed by atoms with Gasteiger partial charge in [-0.3, -0.25) is 0 Å². The van der Waals surface area contributed by atoms with E-state index in [0.717, 1.165) is 25.4 Å². The van der Waals surface area contributed by atoms with Crippen LogP contribution in [0, 0.1) is 0 Å². The first kappa shape index (κ1) is 14.0. The van der Waals surface area contributed by atoms with Gasteiger partial charge in [-0.1, -0.05) is 13.8 Å². The van der Waals surface area contributed by atoms with Crippen LogP contribution >= 0.6 is 0 Å². The van der Waals surface area contributed by atoms with Gasteiger partial charge in [0, 0.05) is 19.6 Å². The summed E-state index contributed by atoms with van der Waals surface area (Å²) in [5.74, 6) is 1.68. The van der Waals surface area contributed by atoms with Crippen molar-refractivity contribution in [3.63, 3.8) is 0 Å². The van der Waals surface area contributed by atoms with Crippen LogP contribution in [0.3, 0.4) is 0 Å². The zero-order chi connectivity index (χ0) is 12.8. The maximum Gasteiger partial charge on any atom is 0.265 e. The number of rotatable bonds is 7. The lowest BCUT2D eigenvalue weighted by Gasteiger charge is -2.19. The lowest BCUT2D eigenvalue weighted by molar-refractivity contribution is 0.317. The highest BCUT2D eigenvalue weighted by Crippen LogP contribution is 2.23. The highest BCUT2D eigenvalue weighted by molar-refractivity contribution is 5.25. The summed E-state index contributed by atoms with van der Waals surface area (Å²) in [5, 5.41) is 7.42. The quantitative estimate of drug-likeness (QED) is 0.790. The van der Waals surface area contributed by atoms with E-state index in [1.54, 1.807) is 0 Å². The third-order valence-electron chi connectivity index (χ3n) is 3.13. The molecule has 17 heavy (non-hydrogen) atoms. The molecule has 2 unspecified atom stereocenters. The smallest absolute Gasteiger partial charge is 0.265 e. The van der Waals surface area contributed by atoms with Gasteiger partial charge in [-0.05, 0) is 32.0 Å². The fourth-order valence-electron chi connectivity index (χ4n) is 1.88. The number of nitrogens with one attached hydrogen (secondary N) is 1. The SMILES string of the molecule is CCNC(C)C(CC)c1nc(N(C)CC)no1. The minimum Gasteiger partial charge on any atom is -0.342 e. The first-order chi connectivity index (χ1) is 8.13. The van der Waals surface area contributed by atoms with Crippen LogP contribution in [0.5, 0.6) is 0 Å². The van der Waals surface area contributed by atoms with E-state index in [4.69, 9.17) is 4.52 Å². The van der Waals surface area contributed by atoms with Gasteiger partial charge in [0.15, 0.2) is 0 Å². The van der Waals surface area contributed by atoms with Gasteiger partial charge in [0.05, 0.1) is 5.92 Å². The summed E-state index contributed by atoms with van der Waals surface area (Å²) < 4.78 is 5.37. The highest BCUT2D eigenvalue weighted by Gasteiger charge is 2.23. The predicted octanol–water partition coefficient (Wildman–Crippen LogP) is 2.02. The monoisotopic (exact) mass is 240 g/mol. The van der Waals surface area contributed by atoms with Gasteiger partial charge in [0.2, 0.25) is 5.89 Å². The van der Waals surface area contributed by atoms with E-state index in [2.05, 4.69) is 43.2 Å². The molecule has 0 fully saturated rings. The van der Waals surface area contributed by atoms with E-state index in [-0.39, 0.29) is 5.92 Å². The van der Waals surface area contributed by atoms with Gasteiger partial charge in [0.1, 0.15) is 0 Å². The molecule has 1 heterocycles. The van der Waals surface area contributed by atoms with Crippen LogP contribution in [-0.4, -0.2) is 36.3 Å². The molecule has 1 N–H and O–H groups in total. The van der Waals surface area contributed by atoms with Crippen LogP contribution in [0.25, 0.3) is 0 Å². The molecule has 0 radical (unpaired) electrons. The molecule has 98 valence electrons. The fourth-order valence-corrected chi connectivity index (χ4v) is 1.88. The number of anilines is 1. The molecule has 5 nitrogen and oxygen atoms in total. The normalized spacial score (nSPS) is 14.6. The lowest BCUT2D eigenvalue weighted by atomic mass is 9.98. The molecule has 0 aromatic carbocycles. The van der Waals surface area contributed by atoms with E-state index in [1.165, 1.54) is 0 Å². The Balaban J connectivity index is 2.78. The van der Waals surface area contributed by atoms with Crippen LogP contribution in [0.4, 0.5) is 5.95 Å². The zero-order valence-electron chi connectivity index (χ0n) is 11.5. The predicted molar refractivity (Wildman–Crippen MR) is 69.4 cm³/mol. The third kappa shape index (κ3) is 3.43. The van der Waals surface area contributed by atoms with E-state index >= 15 is 0 Å². The van der Waals surface area contributed by atoms with E-state index in [0.29, 0.717) is 12.0 Å². The van der Waals surface area contributed by atoms with Crippen molar-refractivity contribution >= 4 is 5.95 Å². The fraction of sp³-hybridized carbons (Fsp3) is 0.833. The number of likely N-dealkylation sites (N-methyl/N-ethyl adjacent to an activating group) is 1. The molecule has 0 aliphatic carbocycles. The van der Waals surface area contributed by atoms with Crippen LogP contribution in [0.15, 0.2) is 4.52 Å². The molecular formula is C12H24N4O. The van der Waals surface area contributed by atoms with Crippen LogP contribution < -0.4 is 10.2 Å². The van der Waals surface area contributed by atoms with Gasteiger partial charge in [0.25, 0.3) is 5.95 Å². The second-order valence-electron chi connectivity index (χ2n) is 4.31. The van der Waals surface area contributed by atoms with Crippen LogP contribution in [0.2, 0.25) is 0 Å². The van der Waals surface area contributed by atoms with Crippen molar-refractivity contribution in [3.8, 4) is 0 Å². The first-order valence-electron chi connectivity index (χ1n) is 6.42. The molecule has 0 saturated carbocycles. The molecule has 1 rings (SSSR count). The lowest BCUT2D eigenvalue weighted by Crippen LogP contribution is -2.32. The maximum absolute atomic E-state index is 5.37. The minimum absolute atomic E-state index is 0.279. The van der Waals surface area contributed by atoms with Crippen molar-refractivity contribution in [2.75, 3.05) is 25.0 Å². The van der Waals surface area contributed by atoms with Crippen molar-refractivity contribution in [1.82, 2.24) is 15.5 Å². The Labute approximate surface area is 104 Å². The van der Waals surface area contributed by atoms with Gasteiger partial charge < -0.3 is 14.7 Å². The van der Waals surface area contributed by atoms with Gasteiger partial charge >= 0.3 is 0 Å². The van der Waals surface area contributed by atoms with Crippen molar-refractivity contribution in [2.45, 2.75) is 46.1 Å². The molecule has 0 amide bonds. The Bertz CT molecular complexity index is 326. The Hall–Kier alpha value is -1.10. The average molecular weight is 240 g/mol. The van der Waals surface area contributed by atoms with Crippen molar-refractivity contribution in [2.24, 2.45) is 0 Å². The summed E-state index contributed by atoms with van der Waals surface area (Å²) in [6, 6.07) is 0.352. The average Bonchev–Trinajstić information content (AvgIpc) is 2.79. The molecule has 0 spiro atoms. The first-order valence-corrected chi connectivity index (χ1v) is 6.42. The number of hydrogen-bond donors (Lipinski definition) is 1. The topological polar surface area (TPSA) is 54.2 Å². The summed E-state index contributed by atoms with van der Waals surface area (Å²) >= 11 is 0. The molecule has 0 aliphatic heterocycles. The molecule has 0 bridgehead atoms. The number of hydrogen-bond acceptors (Lipinski definition) is 5. The van der Waals surface area contributed by atoms with Crippen molar-refractivity contribution in [3.05, 3.63) is 5.89 Å². The van der Waals surface area contributed by atoms with E-state index in [9.17, 15) is 0 Å². The molecule has 1 aromatic heterocycles. The maximum atomic E-state index is 5.37. The Morgan fingerprint density at radius 2 is 2.06 bits per heavy atom. The molecule has 2 atom stereocenters. The molecule has 0 aliphatic rings. The van der Waals surface area contributed by atoms with Crippen LogP contribution in [0.1, 0.15) is 45.9 Å². The zero-order valence-corrected chi connectivity index (χ0v) is 11.5. The van der Waals surface area contributed by atoms with Crippen molar-refractivity contribution in [1.29, 1.82) is 0 Å². The second-order valence-corrected chi connectivity index (χ2v) is 4.31. The molecule has 0 saturated heterocycles. The Morgan fingerprint density at radius 3 is 2.59 bits per heavy atom. The summed E-state index contributed by atoms with van der Waals surface area (Å²) in [6.45, 7) is 10.3. The van der Waals surface area contributed by atoms with E-state index in [1.807, 2.05) is 11.9 Å². The van der Waals surface area contributed by atoms with Gasteiger partial charge in [-0.15, -0.1) is 0 Å². The Morgan fingerprint density at radius 1 is 1.35 bits per heavy atom. The molecular weight excluding hydrogens is 216 g/mol. The summed E-state index contributed by atoms with van der Waals surface area (Å²) in [6.07, 6.45) is 0.992. The number of nitrogens with zero attached hydrogens (tertiary/aromatic N) is 3. The summed E-state index contributed by atoms with van der Waals surface area (Å²) in [4.78, 5) is 6.43. The Kier molecular flexibility index (Phi) is 5.41. The third-order valence-corrected chi connectivity index (χ3v) is 3.13. The highest BCUT2D eigenvalue weighted by atomic mass is 16.5. The number of aromatic nitrogens is 2. The minimum atomic E-state index is 0.279. The van der Waals surface area contributed by atoms with Crippen molar-refractivity contribution < 1.29 is 4.52 Å². The van der Waals surface area contributed by atoms with E-state index < -0.39 is 0 Å². The van der Waals surface area contributed by atoms with Gasteiger partial charge in [-0.25, -0.2) is 0 Å². The molecule has 1 aromatic rings. The molecule has 5 heteroatoms. The summed E-state index contributed by atoms with van der Waals surface area (Å²) in [5.41, 5.74) is 0. The van der Waals surface area contributed by atoms with Gasteiger partial charge in [-0.2, -0.15) is 4.98 Å². The van der Waals surface area contributed by atoms with Crippen LogP contribution in [-0.2, 0) is 0 Å². The standard InChI is InChI=1S/C12H24N4O/c1-6-10(9(4)13-7-2)11-14-12(15-17-11)16(5)8-3/h9-10,13H,6-8H2,1-5H3. The largest absolute Gasteiger partial charge is 0.342 e. The second kappa shape index (κ2) is 6.59. The summed E-state index contributed by atoms with van der Waals surface area (Å²) in [7, 11) is 1.96.